The third-order valence-electron chi connectivity index (χ3n) is 2.18. The summed E-state index contributed by atoms with van der Waals surface area (Å²) < 4.78 is 13.6. The Kier molecular flexibility index (Phi) is 3.71. The predicted molar refractivity (Wildman–Crippen MR) is 63.2 cm³/mol. The van der Waals surface area contributed by atoms with Crippen molar-refractivity contribution in [3.63, 3.8) is 0 Å². The first-order valence-electron chi connectivity index (χ1n) is 5.06. The minimum Gasteiger partial charge on any atom is -0.392 e. The van der Waals surface area contributed by atoms with E-state index in [9.17, 15) is 4.39 Å². The topological polar surface area (TPSA) is 46.0 Å². The van der Waals surface area contributed by atoms with Crippen molar-refractivity contribution in [2.75, 3.05) is 0 Å². The molecule has 0 spiro atoms. The van der Waals surface area contributed by atoms with E-state index in [4.69, 9.17) is 5.11 Å². The van der Waals surface area contributed by atoms with Crippen molar-refractivity contribution in [3.05, 3.63) is 47.5 Å². The minimum absolute atomic E-state index is 0.202. The highest BCUT2D eigenvalue weighted by Gasteiger charge is 2.11. The van der Waals surface area contributed by atoms with Crippen LogP contribution in [0.5, 0.6) is 0 Å². The molecule has 2 rings (SSSR count). The van der Waals surface area contributed by atoms with E-state index in [-0.39, 0.29) is 12.4 Å². The lowest BCUT2D eigenvalue weighted by Crippen LogP contribution is -1.94. The third kappa shape index (κ3) is 2.81. The predicted octanol–water partition coefficient (Wildman–Crippen LogP) is 2.57. The summed E-state index contributed by atoms with van der Waals surface area (Å²) in [6, 6.07) is 6.39. The summed E-state index contributed by atoms with van der Waals surface area (Å²) in [6.45, 7) is 1.64. The smallest absolute Gasteiger partial charge is 0.192 e. The summed E-state index contributed by atoms with van der Waals surface area (Å²) in [7, 11) is 0. The van der Waals surface area contributed by atoms with Crippen LogP contribution in [0.25, 0.3) is 0 Å². The highest BCUT2D eigenvalue weighted by molar-refractivity contribution is 7.99. The number of aryl methyl sites for hydroxylation is 1. The van der Waals surface area contributed by atoms with E-state index in [1.54, 1.807) is 24.4 Å². The molecular weight excluding hydrogens is 239 g/mol. The number of aromatic nitrogens is 2. The fourth-order valence-electron chi connectivity index (χ4n) is 1.36. The second-order valence-corrected chi connectivity index (χ2v) is 4.45. The molecule has 88 valence electrons. The van der Waals surface area contributed by atoms with E-state index >= 15 is 0 Å². The lowest BCUT2D eigenvalue weighted by atomic mass is 10.2. The number of aliphatic hydroxyl groups excluding tert-OH is 1. The van der Waals surface area contributed by atoms with Gasteiger partial charge in [-0.1, -0.05) is 12.1 Å². The van der Waals surface area contributed by atoms with Crippen LogP contribution in [0.15, 0.2) is 40.5 Å². The van der Waals surface area contributed by atoms with Gasteiger partial charge in [0.2, 0.25) is 0 Å². The highest BCUT2D eigenvalue weighted by Crippen LogP contribution is 2.30. The van der Waals surface area contributed by atoms with Gasteiger partial charge in [0.25, 0.3) is 0 Å². The number of hydrogen-bond acceptors (Lipinski definition) is 4. The fraction of sp³-hybridized carbons (Fsp3) is 0.167. The Bertz CT molecular complexity index is 534. The van der Waals surface area contributed by atoms with E-state index in [0.29, 0.717) is 15.6 Å². The zero-order chi connectivity index (χ0) is 12.3. The van der Waals surface area contributed by atoms with Crippen molar-refractivity contribution in [2.45, 2.75) is 23.6 Å². The third-order valence-corrected chi connectivity index (χ3v) is 3.23. The Morgan fingerprint density at radius 3 is 2.88 bits per heavy atom. The second-order valence-electron chi connectivity index (χ2n) is 3.47. The standard InChI is InChI=1S/C12H11FN2OS/c1-8-5-6-14-12(15-8)17-11-9(7-16)3-2-4-10(11)13/h2-6,16H,7H2,1H3. The summed E-state index contributed by atoms with van der Waals surface area (Å²) in [5.41, 5.74) is 1.37. The number of halogens is 1. The van der Waals surface area contributed by atoms with Gasteiger partial charge in [0.1, 0.15) is 5.82 Å². The molecule has 1 aromatic carbocycles. The molecule has 0 aliphatic carbocycles. The number of nitrogens with zero attached hydrogens (tertiary/aromatic N) is 2. The van der Waals surface area contributed by atoms with E-state index in [0.717, 1.165) is 17.5 Å². The van der Waals surface area contributed by atoms with Crippen LogP contribution in [0.1, 0.15) is 11.3 Å². The van der Waals surface area contributed by atoms with Crippen molar-refractivity contribution in [3.8, 4) is 0 Å². The number of hydrogen-bond donors (Lipinski definition) is 1. The molecule has 0 saturated heterocycles. The molecule has 0 aliphatic rings. The molecule has 0 saturated carbocycles. The highest BCUT2D eigenvalue weighted by atomic mass is 32.2. The molecular formula is C12H11FN2OS. The molecule has 0 unspecified atom stereocenters. The van der Waals surface area contributed by atoms with E-state index in [1.165, 1.54) is 6.07 Å². The molecule has 1 aromatic heterocycles. The summed E-state index contributed by atoms with van der Waals surface area (Å²) in [4.78, 5) is 8.62. The van der Waals surface area contributed by atoms with Gasteiger partial charge in [0.05, 0.1) is 11.5 Å². The Morgan fingerprint density at radius 1 is 1.35 bits per heavy atom. The largest absolute Gasteiger partial charge is 0.392 e. The van der Waals surface area contributed by atoms with E-state index in [2.05, 4.69) is 9.97 Å². The van der Waals surface area contributed by atoms with E-state index in [1.807, 2.05) is 6.92 Å². The maximum absolute atomic E-state index is 13.6. The fourth-order valence-corrected chi connectivity index (χ4v) is 2.27. The van der Waals surface area contributed by atoms with Gasteiger partial charge in [-0.2, -0.15) is 0 Å². The Labute approximate surface area is 103 Å². The van der Waals surface area contributed by atoms with Crippen LogP contribution < -0.4 is 0 Å². The van der Waals surface area contributed by atoms with Crippen LogP contribution in [-0.2, 0) is 6.61 Å². The van der Waals surface area contributed by atoms with Gasteiger partial charge in [-0.05, 0) is 36.4 Å². The van der Waals surface area contributed by atoms with E-state index < -0.39 is 0 Å². The average Bonchev–Trinajstić information content (AvgIpc) is 2.32. The molecule has 0 aliphatic heterocycles. The van der Waals surface area contributed by atoms with Crippen LogP contribution in [0.4, 0.5) is 4.39 Å². The normalized spacial score (nSPS) is 10.5. The summed E-state index contributed by atoms with van der Waals surface area (Å²) in [6.07, 6.45) is 1.63. The molecule has 5 heteroatoms. The lowest BCUT2D eigenvalue weighted by molar-refractivity contribution is 0.277. The van der Waals surface area contributed by atoms with Crippen LogP contribution in [0.3, 0.4) is 0 Å². The molecule has 0 radical (unpaired) electrons. The zero-order valence-corrected chi connectivity index (χ0v) is 10.0. The first-order chi connectivity index (χ1) is 8.20. The first-order valence-corrected chi connectivity index (χ1v) is 5.88. The molecule has 0 bridgehead atoms. The van der Waals surface area contributed by atoms with Crippen molar-refractivity contribution in [1.82, 2.24) is 9.97 Å². The Hall–Kier alpha value is -1.46. The zero-order valence-electron chi connectivity index (χ0n) is 9.22. The van der Waals surface area contributed by atoms with Gasteiger partial charge in [0, 0.05) is 11.9 Å². The number of rotatable bonds is 3. The van der Waals surface area contributed by atoms with Crippen molar-refractivity contribution in [2.24, 2.45) is 0 Å². The second kappa shape index (κ2) is 5.25. The Balaban J connectivity index is 2.35. The molecule has 3 nitrogen and oxygen atoms in total. The summed E-state index contributed by atoms with van der Waals surface area (Å²) >= 11 is 1.12. The number of benzene rings is 1. The SMILES string of the molecule is Cc1ccnc(Sc2c(F)cccc2CO)n1. The molecule has 0 atom stereocenters. The summed E-state index contributed by atoms with van der Waals surface area (Å²) in [5.74, 6) is -0.369. The van der Waals surface area contributed by atoms with Gasteiger partial charge < -0.3 is 5.11 Å². The van der Waals surface area contributed by atoms with Crippen LogP contribution >= 0.6 is 11.8 Å². The van der Waals surface area contributed by atoms with Crippen molar-refractivity contribution < 1.29 is 9.50 Å². The minimum atomic E-state index is -0.369. The first kappa shape index (κ1) is 12.0. The molecule has 0 fully saturated rings. The maximum atomic E-state index is 13.6. The van der Waals surface area contributed by atoms with Gasteiger partial charge >= 0.3 is 0 Å². The number of aliphatic hydroxyl groups is 1. The molecule has 1 heterocycles. The molecule has 17 heavy (non-hydrogen) atoms. The van der Waals surface area contributed by atoms with Gasteiger partial charge in [0.15, 0.2) is 5.16 Å². The average molecular weight is 250 g/mol. The van der Waals surface area contributed by atoms with Crippen molar-refractivity contribution >= 4 is 11.8 Å². The van der Waals surface area contributed by atoms with Gasteiger partial charge in [-0.25, -0.2) is 14.4 Å². The molecule has 2 aromatic rings. The lowest BCUT2D eigenvalue weighted by Gasteiger charge is -2.07. The molecule has 0 amide bonds. The summed E-state index contributed by atoms with van der Waals surface area (Å²) in [5, 5.41) is 9.63. The van der Waals surface area contributed by atoms with Crippen LogP contribution in [0, 0.1) is 12.7 Å². The van der Waals surface area contributed by atoms with Gasteiger partial charge in [-0.15, -0.1) is 0 Å². The van der Waals surface area contributed by atoms with Gasteiger partial charge in [-0.3, -0.25) is 0 Å². The monoisotopic (exact) mass is 250 g/mol. The Morgan fingerprint density at radius 2 is 2.18 bits per heavy atom. The van der Waals surface area contributed by atoms with Crippen LogP contribution in [0.2, 0.25) is 0 Å². The maximum Gasteiger partial charge on any atom is 0.192 e. The quantitative estimate of drug-likeness (QED) is 0.850. The van der Waals surface area contributed by atoms with Crippen LogP contribution in [-0.4, -0.2) is 15.1 Å². The molecule has 1 N–H and O–H groups in total. The van der Waals surface area contributed by atoms with Crippen molar-refractivity contribution in [1.29, 1.82) is 0 Å².